The molecule has 6 nitrogen and oxygen atoms in total. The number of amides is 1. The van der Waals surface area contributed by atoms with E-state index in [9.17, 15) is 9.59 Å². The Hall–Kier alpha value is -2.24. The molecular weight excluding hydrogens is 286 g/mol. The summed E-state index contributed by atoms with van der Waals surface area (Å²) in [5.74, 6) is -1.10. The Bertz CT molecular complexity index is 570. The zero-order valence-corrected chi connectivity index (χ0v) is 13.0. The summed E-state index contributed by atoms with van der Waals surface area (Å²) in [6.07, 6.45) is 1.13. The van der Waals surface area contributed by atoms with Gasteiger partial charge in [0.15, 0.2) is 11.5 Å². The van der Waals surface area contributed by atoms with Crippen LogP contribution in [0.2, 0.25) is 0 Å². The Morgan fingerprint density at radius 3 is 2.41 bits per heavy atom. The lowest BCUT2D eigenvalue weighted by Crippen LogP contribution is -2.41. The average Bonchev–Trinajstić information content (AvgIpc) is 2.36. The molecule has 0 radical (unpaired) electrons. The lowest BCUT2D eigenvalue weighted by Gasteiger charge is -2.31. The fraction of sp³-hybridized carbons (Fsp3) is 0.500. The second-order valence-corrected chi connectivity index (χ2v) is 5.65. The van der Waals surface area contributed by atoms with Gasteiger partial charge in [-0.1, -0.05) is 0 Å². The van der Waals surface area contributed by atoms with E-state index in [2.05, 4.69) is 5.32 Å². The number of ether oxygens (including phenoxy) is 2. The Kier molecular flexibility index (Phi) is 4.90. The molecule has 0 spiro atoms. The molecule has 1 aromatic rings. The molecule has 2 atom stereocenters. The molecule has 120 valence electrons. The number of rotatable bonds is 6. The second-order valence-electron chi connectivity index (χ2n) is 5.65. The molecule has 1 saturated carbocycles. The van der Waals surface area contributed by atoms with Crippen molar-refractivity contribution in [2.45, 2.75) is 32.8 Å². The first-order valence-corrected chi connectivity index (χ1v) is 7.30. The monoisotopic (exact) mass is 307 g/mol. The number of methoxy groups -OCH3 is 1. The Morgan fingerprint density at radius 1 is 1.23 bits per heavy atom. The summed E-state index contributed by atoms with van der Waals surface area (Å²) < 4.78 is 10.9. The molecule has 1 aliphatic rings. The van der Waals surface area contributed by atoms with Crippen molar-refractivity contribution < 1.29 is 24.2 Å². The molecule has 1 aliphatic carbocycles. The van der Waals surface area contributed by atoms with Crippen LogP contribution >= 0.6 is 0 Å². The van der Waals surface area contributed by atoms with Gasteiger partial charge in [0.05, 0.1) is 25.0 Å². The lowest BCUT2D eigenvalue weighted by atomic mass is 9.73. The van der Waals surface area contributed by atoms with Crippen molar-refractivity contribution in [3.63, 3.8) is 0 Å². The van der Waals surface area contributed by atoms with Crippen LogP contribution in [-0.2, 0) is 9.59 Å². The maximum absolute atomic E-state index is 12.2. The van der Waals surface area contributed by atoms with E-state index < -0.39 is 17.8 Å². The molecule has 2 N–H and O–H groups in total. The summed E-state index contributed by atoms with van der Waals surface area (Å²) in [5, 5.41) is 11.8. The summed E-state index contributed by atoms with van der Waals surface area (Å²) in [6, 6.07) is 5.10. The molecule has 1 fully saturated rings. The van der Waals surface area contributed by atoms with E-state index in [0.29, 0.717) is 30.0 Å². The van der Waals surface area contributed by atoms with E-state index in [-0.39, 0.29) is 12.0 Å². The summed E-state index contributed by atoms with van der Waals surface area (Å²) in [5.41, 5.74) is 0.567. The minimum atomic E-state index is -0.912. The van der Waals surface area contributed by atoms with Crippen molar-refractivity contribution in [3.8, 4) is 11.5 Å². The largest absolute Gasteiger partial charge is 0.493 e. The fourth-order valence-corrected chi connectivity index (χ4v) is 2.44. The highest BCUT2D eigenvalue weighted by Crippen LogP contribution is 2.36. The summed E-state index contributed by atoms with van der Waals surface area (Å²) >= 11 is 0. The van der Waals surface area contributed by atoms with Crippen molar-refractivity contribution in [1.29, 1.82) is 0 Å². The van der Waals surface area contributed by atoms with Crippen LogP contribution in [0.25, 0.3) is 0 Å². The summed E-state index contributed by atoms with van der Waals surface area (Å²) in [4.78, 5) is 23.1. The molecule has 2 unspecified atom stereocenters. The van der Waals surface area contributed by atoms with E-state index >= 15 is 0 Å². The minimum Gasteiger partial charge on any atom is -0.493 e. The molecule has 0 aliphatic heterocycles. The molecule has 1 amide bonds. The smallest absolute Gasteiger partial charge is 0.307 e. The zero-order chi connectivity index (χ0) is 16.3. The first kappa shape index (κ1) is 16.1. The van der Waals surface area contributed by atoms with Gasteiger partial charge in [-0.3, -0.25) is 9.59 Å². The van der Waals surface area contributed by atoms with Gasteiger partial charge in [-0.2, -0.15) is 0 Å². The number of carboxylic acid groups (broad SMARTS) is 1. The molecule has 6 heteroatoms. The van der Waals surface area contributed by atoms with Crippen molar-refractivity contribution in [2.24, 2.45) is 11.8 Å². The van der Waals surface area contributed by atoms with Crippen LogP contribution < -0.4 is 14.8 Å². The molecule has 0 bridgehead atoms. The van der Waals surface area contributed by atoms with Gasteiger partial charge in [0.25, 0.3) is 0 Å². The highest BCUT2D eigenvalue weighted by Gasteiger charge is 2.41. The predicted molar refractivity (Wildman–Crippen MR) is 81.2 cm³/mol. The van der Waals surface area contributed by atoms with Crippen LogP contribution in [0.1, 0.15) is 26.7 Å². The Labute approximate surface area is 129 Å². The van der Waals surface area contributed by atoms with Crippen LogP contribution in [-0.4, -0.2) is 30.2 Å². The van der Waals surface area contributed by atoms with Gasteiger partial charge in [-0.15, -0.1) is 0 Å². The third-order valence-electron chi connectivity index (χ3n) is 3.72. The maximum atomic E-state index is 12.2. The van der Waals surface area contributed by atoms with Crippen LogP contribution in [0.5, 0.6) is 11.5 Å². The number of carbonyl (C=O) groups excluding carboxylic acids is 1. The highest BCUT2D eigenvalue weighted by atomic mass is 16.5. The van der Waals surface area contributed by atoms with Crippen LogP contribution in [0.4, 0.5) is 5.69 Å². The van der Waals surface area contributed by atoms with Crippen LogP contribution in [0.3, 0.4) is 0 Å². The number of anilines is 1. The first-order chi connectivity index (χ1) is 10.4. The predicted octanol–water partition coefficient (Wildman–Crippen LogP) is 2.53. The maximum Gasteiger partial charge on any atom is 0.307 e. The van der Waals surface area contributed by atoms with Crippen LogP contribution in [0.15, 0.2) is 18.2 Å². The van der Waals surface area contributed by atoms with Gasteiger partial charge in [-0.25, -0.2) is 0 Å². The van der Waals surface area contributed by atoms with Gasteiger partial charge >= 0.3 is 5.97 Å². The first-order valence-electron chi connectivity index (χ1n) is 7.30. The number of hydrogen-bond acceptors (Lipinski definition) is 4. The van der Waals surface area contributed by atoms with Crippen molar-refractivity contribution in [3.05, 3.63) is 18.2 Å². The minimum absolute atomic E-state index is 0.0251. The number of aliphatic carboxylic acids is 1. The zero-order valence-electron chi connectivity index (χ0n) is 13.0. The fourth-order valence-electron chi connectivity index (χ4n) is 2.44. The lowest BCUT2D eigenvalue weighted by molar-refractivity contribution is -0.151. The Morgan fingerprint density at radius 2 is 1.91 bits per heavy atom. The molecule has 0 heterocycles. The topological polar surface area (TPSA) is 84.9 Å². The normalized spacial score (nSPS) is 20.2. The number of carbonyl (C=O) groups is 2. The standard InChI is InChI=1S/C16H21NO5/c1-9(2)22-14-8-10(4-7-13(14)21-3)17-15(18)11-5-6-12(11)16(19)20/h4,7-9,11-12H,5-6H2,1-3H3,(H,17,18)(H,19,20). The highest BCUT2D eigenvalue weighted by molar-refractivity contribution is 5.96. The number of carboxylic acids is 1. The van der Waals surface area contributed by atoms with Crippen LogP contribution in [0, 0.1) is 11.8 Å². The third-order valence-corrected chi connectivity index (χ3v) is 3.72. The second kappa shape index (κ2) is 6.68. The van der Waals surface area contributed by atoms with Crippen molar-refractivity contribution in [2.75, 3.05) is 12.4 Å². The quantitative estimate of drug-likeness (QED) is 0.843. The summed E-state index contributed by atoms with van der Waals surface area (Å²) in [7, 11) is 1.55. The van der Waals surface area contributed by atoms with E-state index in [1.807, 2.05) is 13.8 Å². The molecule has 0 saturated heterocycles. The Balaban J connectivity index is 2.09. The summed E-state index contributed by atoms with van der Waals surface area (Å²) in [6.45, 7) is 3.80. The van der Waals surface area contributed by atoms with Gasteiger partial charge in [-0.05, 0) is 38.8 Å². The van der Waals surface area contributed by atoms with Crippen molar-refractivity contribution in [1.82, 2.24) is 0 Å². The third kappa shape index (κ3) is 3.50. The van der Waals surface area contributed by atoms with Gasteiger partial charge in [0, 0.05) is 11.8 Å². The number of hydrogen-bond donors (Lipinski definition) is 2. The van der Waals surface area contributed by atoms with E-state index in [1.165, 1.54) is 0 Å². The number of benzene rings is 1. The van der Waals surface area contributed by atoms with Gasteiger partial charge in [0.1, 0.15) is 0 Å². The number of nitrogens with one attached hydrogen (secondary N) is 1. The molecule has 1 aromatic carbocycles. The molecule has 22 heavy (non-hydrogen) atoms. The average molecular weight is 307 g/mol. The van der Waals surface area contributed by atoms with Gasteiger partial charge in [0.2, 0.25) is 5.91 Å². The van der Waals surface area contributed by atoms with Crippen molar-refractivity contribution >= 4 is 17.6 Å². The molecule has 0 aromatic heterocycles. The molecule has 2 rings (SSSR count). The van der Waals surface area contributed by atoms with Gasteiger partial charge < -0.3 is 19.9 Å². The SMILES string of the molecule is COc1ccc(NC(=O)C2CCC2C(=O)O)cc1OC(C)C. The van der Waals surface area contributed by atoms with E-state index in [1.54, 1.807) is 25.3 Å². The van der Waals surface area contributed by atoms with E-state index in [4.69, 9.17) is 14.6 Å². The molecular formula is C16H21NO5. The van der Waals surface area contributed by atoms with E-state index in [0.717, 1.165) is 0 Å².